The number of amides is 5. The lowest BCUT2D eigenvalue weighted by atomic mass is 9.77. The molecule has 5 amide bonds. The Bertz CT molecular complexity index is 4340. The number of hydrogen-bond acceptors (Lipinski definition) is 22. The predicted molar refractivity (Wildman–Crippen MR) is 369 cm³/mol. The van der Waals surface area contributed by atoms with Gasteiger partial charge in [0.05, 0.1) is 81.0 Å². The van der Waals surface area contributed by atoms with E-state index >= 15 is 35.1 Å². The summed E-state index contributed by atoms with van der Waals surface area (Å²) < 4.78 is 199. The molecule has 3 aliphatic heterocycles. The van der Waals surface area contributed by atoms with Crippen LogP contribution >= 0.6 is 7.82 Å². The molecule has 5 heterocycles. The summed E-state index contributed by atoms with van der Waals surface area (Å²) in [6, 6.07) is 3.41. The van der Waals surface area contributed by atoms with Gasteiger partial charge in [0.15, 0.2) is 0 Å². The number of benzene rings is 3. The highest BCUT2D eigenvalue weighted by Gasteiger charge is 2.58. The lowest BCUT2D eigenvalue weighted by Crippen LogP contribution is -2.64. The number of carboxylic acid groups (broad SMARTS) is 1. The van der Waals surface area contributed by atoms with Gasteiger partial charge in [-0.2, -0.15) is 40.2 Å². The van der Waals surface area contributed by atoms with Crippen LogP contribution in [-0.2, 0) is 81.8 Å². The first-order valence-electron chi connectivity index (χ1n) is 34.2. The Kier molecular flexibility index (Phi) is 28.0. The van der Waals surface area contributed by atoms with Crippen LogP contribution < -0.4 is 36.1 Å². The fraction of sp³-hybridized carbons (Fsp3) is 0.500. The van der Waals surface area contributed by atoms with Crippen molar-refractivity contribution in [2.75, 3.05) is 65.3 Å². The molecule has 3 aromatic carbocycles. The van der Waals surface area contributed by atoms with Crippen LogP contribution in [0.1, 0.15) is 106 Å². The number of nitrogens with zero attached hydrogens (tertiary/aromatic N) is 7. The molecule has 3 fully saturated rings. The Balaban J connectivity index is 1.19. The minimum absolute atomic E-state index is 0.0400. The highest BCUT2D eigenvalue weighted by Crippen LogP contribution is 2.47. The molecule has 6 atom stereocenters. The van der Waals surface area contributed by atoms with E-state index in [-0.39, 0.29) is 32.5 Å². The number of halogens is 10. The highest BCUT2D eigenvalue weighted by molar-refractivity contribution is 7.46. The van der Waals surface area contributed by atoms with Gasteiger partial charge in [0.1, 0.15) is 42.1 Å². The van der Waals surface area contributed by atoms with Crippen LogP contribution in [0.3, 0.4) is 0 Å². The molecule has 610 valence electrons. The maximum atomic E-state index is 16.7. The largest absolute Gasteiger partial charge is 0.524 e. The second-order valence-electron chi connectivity index (χ2n) is 28.2. The van der Waals surface area contributed by atoms with Gasteiger partial charge in [0.25, 0.3) is 5.91 Å². The van der Waals surface area contributed by atoms with Crippen molar-refractivity contribution in [3.05, 3.63) is 124 Å². The first-order chi connectivity index (χ1) is 52.3. The minimum Gasteiger partial charge on any atom is -0.480 e. The number of phosphoric acid groups is 1. The lowest BCUT2D eigenvalue weighted by Gasteiger charge is -2.47. The summed E-state index contributed by atoms with van der Waals surface area (Å²) in [5.41, 5.74) is -7.62. The zero-order valence-corrected chi connectivity index (χ0v) is 62.4. The number of rotatable bonds is 31. The fourth-order valence-electron chi connectivity index (χ4n) is 12.8. The van der Waals surface area contributed by atoms with Crippen LogP contribution in [0.2, 0.25) is 0 Å². The average molecular weight is 1620 g/mol. The lowest BCUT2D eigenvalue weighted by molar-refractivity contribution is -0.221. The summed E-state index contributed by atoms with van der Waals surface area (Å²) in [7, 11) is -3.99. The van der Waals surface area contributed by atoms with Gasteiger partial charge in [-0.05, 0) is 107 Å². The third kappa shape index (κ3) is 22.5. The Morgan fingerprint density at radius 1 is 0.759 bits per heavy atom. The number of alkyl halides is 8. The number of esters is 1. The van der Waals surface area contributed by atoms with E-state index in [4.69, 9.17) is 28.6 Å². The van der Waals surface area contributed by atoms with Crippen molar-refractivity contribution >= 4 is 61.8 Å². The number of carbonyl (C=O) groups excluding carboxylic acids is 7. The Hall–Kier alpha value is -10.4. The molecular weight excluding hydrogens is 1530 g/mol. The standard InChI is InChI=1S/C70H81F10N12O19P/c1-37-20-42(25-53(93)81-29-54(94)95)56(51(21-37)111-112(102,103)104)66(2,3)26-55(96)108-36-109-65(101)110-52(33-90(88-60(98)58(86-64(100)106-9)68(6,7)70(78,79)80)32-46-47(71)23-41(24-48(46)72)49-18-19-91(87-49)61(73)74)50(84-59(97)57(85-63(99)105-8)67(4,5)69(75,76)77)22-39-13-10-38(11-14-39)12-15-40-27-82-62(83-28-40)89-30-43-16-17-44(31-89)92(43)45-34-107-35-45/h10-11,13-14,18-21,23-24,27-28,43-45,50,52,57-58,61H,16-17,22,25-26,29-36H2,1-9H3,(H,81,93)(H,84,97)(H,85,99)(H,86,100)(H,88,98)(H,94,95)(H2,102,103,104)/t43?,44?,50-,52-,57+,58+/m0/s1. The molecule has 8 N–H and O–H groups in total. The molecule has 0 saturated carbocycles. The fourth-order valence-corrected chi connectivity index (χ4v) is 13.2. The van der Waals surface area contributed by atoms with E-state index in [1.807, 2.05) is 10.7 Å². The van der Waals surface area contributed by atoms with Crippen molar-refractivity contribution in [3.63, 3.8) is 0 Å². The van der Waals surface area contributed by atoms with Gasteiger partial charge < -0.3 is 64.2 Å². The first-order valence-corrected chi connectivity index (χ1v) is 35.7. The van der Waals surface area contributed by atoms with E-state index in [2.05, 4.69) is 56.8 Å². The summed E-state index contributed by atoms with van der Waals surface area (Å²) in [6.45, 7) is 0.297. The Morgan fingerprint density at radius 2 is 1.33 bits per heavy atom. The number of phosphoric ester groups is 1. The number of carbonyl (C=O) groups is 8. The van der Waals surface area contributed by atoms with Crippen molar-refractivity contribution in [2.45, 2.75) is 154 Å². The summed E-state index contributed by atoms with van der Waals surface area (Å²) in [6.07, 6.45) is -14.9. The minimum atomic E-state index is -5.43. The zero-order valence-electron chi connectivity index (χ0n) is 61.5. The second kappa shape index (κ2) is 36.0. The van der Waals surface area contributed by atoms with Crippen LogP contribution in [0, 0.1) is 41.2 Å². The molecule has 8 rings (SSSR count). The van der Waals surface area contributed by atoms with Crippen LogP contribution in [0.15, 0.2) is 73.2 Å². The Morgan fingerprint density at radius 3 is 1.85 bits per heavy atom. The molecular formula is C70H81F10N12O19P. The molecule has 2 aromatic heterocycles. The predicted octanol–water partition coefficient (Wildman–Crippen LogP) is 7.57. The molecule has 0 radical (unpaired) electrons. The third-order valence-electron chi connectivity index (χ3n) is 18.9. The van der Waals surface area contributed by atoms with Crippen LogP contribution in [-0.4, -0.2) is 208 Å². The topological polar surface area (TPSA) is 392 Å². The first kappa shape index (κ1) is 87.2. The molecule has 3 aliphatic rings. The second-order valence-corrected chi connectivity index (χ2v) is 29.4. The molecule has 2 bridgehead atoms. The van der Waals surface area contributed by atoms with Crippen LogP contribution in [0.5, 0.6) is 5.75 Å². The maximum absolute atomic E-state index is 16.7. The van der Waals surface area contributed by atoms with E-state index in [0.717, 1.165) is 38.3 Å². The summed E-state index contributed by atoms with van der Waals surface area (Å²) in [5.74, 6) is -4.66. The maximum Gasteiger partial charge on any atom is 0.524 e. The number of hydrogen-bond donors (Lipinski definition) is 8. The van der Waals surface area contributed by atoms with E-state index in [0.29, 0.717) is 108 Å². The van der Waals surface area contributed by atoms with Crippen molar-refractivity contribution in [1.29, 1.82) is 0 Å². The number of anilines is 1. The van der Waals surface area contributed by atoms with Gasteiger partial charge in [-0.15, -0.1) is 0 Å². The SMILES string of the molecule is COC(=O)N[C@H](C(=O)N[C@@H](Cc1ccc(C#Cc2cnc(N3CC4CCC(C3)N4C3COC3)nc2)cc1)[C@H](CN(Cc1c(F)cc(-c2ccn(C(F)F)n2)cc1F)NC(=O)[C@@H](NC(=O)OC)C(C)(C)C(F)(F)F)OC(=O)OCOC(=O)CC(C)(C)c1c(CC(=O)NCC(=O)O)cc(C)cc1OP(=O)(O)O)C(C)(C)C(F)(F)F. The quantitative estimate of drug-likeness (QED) is 0.00403. The number of nitrogens with one attached hydrogen (secondary N) is 5. The number of alkyl carbamates (subject to hydrolysis) is 2. The number of ether oxygens (including phenoxy) is 6. The van der Waals surface area contributed by atoms with Crippen molar-refractivity contribution < 1.29 is 135 Å². The molecule has 42 heteroatoms. The van der Waals surface area contributed by atoms with Gasteiger partial charge in [-0.25, -0.2) is 47.4 Å². The number of aromatic nitrogens is 4. The van der Waals surface area contributed by atoms with Crippen molar-refractivity contribution in [2.24, 2.45) is 10.8 Å². The van der Waals surface area contributed by atoms with Crippen molar-refractivity contribution in [1.82, 2.24) is 56.4 Å². The zero-order chi connectivity index (χ0) is 82.8. The van der Waals surface area contributed by atoms with Crippen LogP contribution in [0.25, 0.3) is 11.3 Å². The molecule has 5 aromatic rings. The van der Waals surface area contributed by atoms with Gasteiger partial charge in [0, 0.05) is 78.0 Å². The smallest absolute Gasteiger partial charge is 0.480 e. The van der Waals surface area contributed by atoms with Crippen LogP contribution in [0.4, 0.5) is 64.2 Å². The monoisotopic (exact) mass is 1610 g/mol. The number of fused-ring (bicyclic) bond motifs is 2. The third-order valence-corrected chi connectivity index (χ3v) is 19.3. The van der Waals surface area contributed by atoms with Crippen molar-refractivity contribution in [3.8, 4) is 28.8 Å². The number of piperazine rings is 1. The molecule has 3 saturated heterocycles. The number of carboxylic acids is 1. The molecule has 112 heavy (non-hydrogen) atoms. The van der Waals surface area contributed by atoms with E-state index in [9.17, 15) is 61.5 Å². The number of aryl methyl sites for hydroxylation is 1. The average Bonchev–Trinajstić information content (AvgIpc) is 1.39. The normalized spacial score (nSPS) is 16.7. The summed E-state index contributed by atoms with van der Waals surface area (Å²) in [4.78, 5) is 141. The molecule has 2 unspecified atom stereocenters. The van der Waals surface area contributed by atoms with Gasteiger partial charge >= 0.3 is 57.0 Å². The van der Waals surface area contributed by atoms with Gasteiger partial charge in [-0.1, -0.05) is 43.9 Å². The van der Waals surface area contributed by atoms with Gasteiger partial charge in [-0.3, -0.25) is 44.1 Å². The Labute approximate surface area is 633 Å². The summed E-state index contributed by atoms with van der Waals surface area (Å²) >= 11 is 0. The van der Waals surface area contributed by atoms with Gasteiger partial charge in [0.2, 0.25) is 24.6 Å². The molecule has 0 spiro atoms. The molecule has 0 aliphatic carbocycles. The number of hydrazine groups is 1. The van der Waals surface area contributed by atoms with E-state index in [1.54, 1.807) is 5.32 Å². The molecule has 31 nitrogen and oxygen atoms in total. The summed E-state index contributed by atoms with van der Waals surface area (Å²) in [5, 5.41) is 21.1. The van der Waals surface area contributed by atoms with E-state index in [1.165, 1.54) is 63.5 Å². The number of aliphatic carboxylic acids is 1. The van der Waals surface area contributed by atoms with E-state index < -0.39 is 195 Å². The highest BCUT2D eigenvalue weighted by atomic mass is 31.2. The number of methoxy groups -OCH3 is 2.